The predicted molar refractivity (Wildman–Crippen MR) is 86.1 cm³/mol. The first kappa shape index (κ1) is 17.1. The number of benzene rings is 1. The quantitative estimate of drug-likeness (QED) is 0.747. The summed E-state index contributed by atoms with van der Waals surface area (Å²) in [6, 6.07) is 8.82. The Bertz CT molecular complexity index is 405. The highest BCUT2D eigenvalue weighted by Crippen LogP contribution is 2.26. The third-order valence-electron chi connectivity index (χ3n) is 3.10. The van der Waals surface area contributed by atoms with Crippen LogP contribution >= 0.6 is 11.8 Å². The van der Waals surface area contributed by atoms with Gasteiger partial charge in [-0.05, 0) is 26.0 Å². The number of rotatable bonds is 8. The summed E-state index contributed by atoms with van der Waals surface area (Å²) in [7, 11) is 0. The summed E-state index contributed by atoms with van der Waals surface area (Å²) in [6.07, 6.45) is 0. The van der Waals surface area contributed by atoms with Gasteiger partial charge < -0.3 is 10.1 Å². The smallest absolute Gasteiger partial charge is 0.315 e. The molecule has 0 aliphatic rings. The van der Waals surface area contributed by atoms with Crippen LogP contribution in [0.25, 0.3) is 0 Å². The van der Waals surface area contributed by atoms with Crippen LogP contribution in [0.3, 0.4) is 0 Å². The van der Waals surface area contributed by atoms with Crippen molar-refractivity contribution in [2.45, 2.75) is 39.0 Å². The largest absolute Gasteiger partial charge is 0.465 e. The minimum Gasteiger partial charge on any atom is -0.465 e. The van der Waals surface area contributed by atoms with E-state index < -0.39 is 0 Å². The van der Waals surface area contributed by atoms with Crippen LogP contribution in [-0.4, -0.2) is 30.1 Å². The van der Waals surface area contributed by atoms with E-state index in [4.69, 9.17) is 4.74 Å². The van der Waals surface area contributed by atoms with Gasteiger partial charge in [-0.3, -0.25) is 4.79 Å². The molecule has 0 amide bonds. The van der Waals surface area contributed by atoms with Gasteiger partial charge in [-0.1, -0.05) is 43.7 Å². The number of hydrogen-bond donors (Lipinski definition) is 1. The third-order valence-corrected chi connectivity index (χ3v) is 4.30. The fraction of sp³-hybridized carbons (Fsp3) is 0.562. The Morgan fingerprint density at radius 2 is 1.95 bits per heavy atom. The van der Waals surface area contributed by atoms with E-state index in [0.717, 1.165) is 6.54 Å². The molecule has 3 nitrogen and oxygen atoms in total. The molecule has 112 valence electrons. The normalized spacial score (nSPS) is 13.8. The number of thioether (sulfide) groups is 1. The summed E-state index contributed by atoms with van der Waals surface area (Å²) in [5.74, 6) is 0.270. The van der Waals surface area contributed by atoms with Crippen LogP contribution in [0, 0.1) is 6.92 Å². The van der Waals surface area contributed by atoms with Crippen LogP contribution in [0.4, 0.5) is 0 Å². The zero-order chi connectivity index (χ0) is 15.0. The Morgan fingerprint density at radius 1 is 1.30 bits per heavy atom. The lowest BCUT2D eigenvalue weighted by Gasteiger charge is -2.25. The van der Waals surface area contributed by atoms with E-state index in [0.29, 0.717) is 17.6 Å². The summed E-state index contributed by atoms with van der Waals surface area (Å²) in [4.78, 5) is 11.4. The van der Waals surface area contributed by atoms with Gasteiger partial charge in [0.15, 0.2) is 0 Å². The summed E-state index contributed by atoms with van der Waals surface area (Å²) >= 11 is 1.63. The fourth-order valence-corrected chi connectivity index (χ4v) is 2.98. The SMILES string of the molecule is CCNC(c1ccc(C)cc1)C(C)SCC(=O)OCC. The Balaban J connectivity index is 2.65. The predicted octanol–water partition coefficient (Wildman–Crippen LogP) is 3.33. The van der Waals surface area contributed by atoms with E-state index >= 15 is 0 Å². The molecule has 1 rings (SSSR count). The van der Waals surface area contributed by atoms with Gasteiger partial charge in [-0.2, -0.15) is 0 Å². The van der Waals surface area contributed by atoms with Crippen molar-refractivity contribution in [1.29, 1.82) is 0 Å². The van der Waals surface area contributed by atoms with Crippen molar-refractivity contribution in [2.24, 2.45) is 0 Å². The molecule has 0 aromatic heterocycles. The minimum atomic E-state index is -0.136. The van der Waals surface area contributed by atoms with Gasteiger partial charge in [0.2, 0.25) is 0 Å². The molecule has 20 heavy (non-hydrogen) atoms. The third kappa shape index (κ3) is 5.55. The van der Waals surface area contributed by atoms with Crippen LogP contribution < -0.4 is 5.32 Å². The van der Waals surface area contributed by atoms with Gasteiger partial charge in [0.1, 0.15) is 0 Å². The Morgan fingerprint density at radius 3 is 2.50 bits per heavy atom. The highest BCUT2D eigenvalue weighted by Gasteiger charge is 2.20. The standard InChI is InChI=1S/C16H25NO2S/c1-5-17-16(14-9-7-12(3)8-10-14)13(4)20-11-15(18)19-6-2/h7-10,13,16-17H,5-6,11H2,1-4H3. The van der Waals surface area contributed by atoms with Crippen molar-refractivity contribution in [3.05, 3.63) is 35.4 Å². The molecular formula is C16H25NO2S. The van der Waals surface area contributed by atoms with Crippen LogP contribution in [0.1, 0.15) is 37.9 Å². The zero-order valence-corrected chi connectivity index (χ0v) is 13.6. The number of hydrogen-bond acceptors (Lipinski definition) is 4. The molecule has 0 spiro atoms. The Kier molecular flexibility index (Phi) is 7.70. The lowest BCUT2D eigenvalue weighted by Crippen LogP contribution is -2.29. The molecule has 0 fully saturated rings. The number of nitrogens with one attached hydrogen (secondary N) is 1. The monoisotopic (exact) mass is 295 g/mol. The van der Waals surface area contributed by atoms with Crippen LogP contribution in [0.15, 0.2) is 24.3 Å². The molecule has 1 aromatic rings. The van der Waals surface area contributed by atoms with E-state index in [2.05, 4.69) is 50.4 Å². The summed E-state index contributed by atoms with van der Waals surface area (Å²) in [5, 5.41) is 3.81. The molecule has 1 aromatic carbocycles. The highest BCUT2D eigenvalue weighted by atomic mass is 32.2. The second-order valence-electron chi connectivity index (χ2n) is 4.77. The van der Waals surface area contributed by atoms with Crippen molar-refractivity contribution in [3.8, 4) is 0 Å². The average molecular weight is 295 g/mol. The van der Waals surface area contributed by atoms with E-state index in [1.165, 1.54) is 11.1 Å². The lowest BCUT2D eigenvalue weighted by atomic mass is 10.0. The highest BCUT2D eigenvalue weighted by molar-refractivity contribution is 8.00. The summed E-state index contributed by atoms with van der Waals surface area (Å²) in [6.45, 7) is 9.52. The molecule has 0 aliphatic carbocycles. The Hall–Kier alpha value is -1.00. The molecule has 0 saturated carbocycles. The average Bonchev–Trinajstić information content (AvgIpc) is 2.44. The summed E-state index contributed by atoms with van der Waals surface area (Å²) in [5.41, 5.74) is 2.53. The number of esters is 1. The van der Waals surface area contributed by atoms with E-state index in [1.807, 2.05) is 6.92 Å². The lowest BCUT2D eigenvalue weighted by molar-refractivity contribution is -0.139. The van der Waals surface area contributed by atoms with Crippen molar-refractivity contribution < 1.29 is 9.53 Å². The molecule has 0 bridgehead atoms. The molecule has 0 saturated heterocycles. The maximum Gasteiger partial charge on any atom is 0.315 e. The second kappa shape index (κ2) is 9.03. The molecule has 0 heterocycles. The first-order valence-electron chi connectivity index (χ1n) is 7.15. The first-order valence-corrected chi connectivity index (χ1v) is 8.20. The van der Waals surface area contributed by atoms with Gasteiger partial charge in [0.25, 0.3) is 0 Å². The number of carbonyl (C=O) groups is 1. The number of carbonyl (C=O) groups excluding carboxylic acids is 1. The first-order chi connectivity index (χ1) is 9.58. The topological polar surface area (TPSA) is 38.3 Å². The van der Waals surface area contributed by atoms with Crippen LogP contribution in [0.5, 0.6) is 0 Å². The minimum absolute atomic E-state index is 0.136. The van der Waals surface area contributed by atoms with Crippen molar-refractivity contribution in [1.82, 2.24) is 5.32 Å². The van der Waals surface area contributed by atoms with E-state index in [9.17, 15) is 4.79 Å². The maximum absolute atomic E-state index is 11.4. The van der Waals surface area contributed by atoms with Crippen molar-refractivity contribution >= 4 is 17.7 Å². The van der Waals surface area contributed by atoms with Gasteiger partial charge in [0, 0.05) is 11.3 Å². The number of aryl methyl sites for hydroxylation is 1. The van der Waals surface area contributed by atoms with Gasteiger partial charge in [0.05, 0.1) is 12.4 Å². The second-order valence-corrected chi connectivity index (χ2v) is 6.13. The van der Waals surface area contributed by atoms with Crippen LogP contribution in [0.2, 0.25) is 0 Å². The number of ether oxygens (including phenoxy) is 1. The maximum atomic E-state index is 11.4. The molecule has 0 radical (unpaired) electrons. The van der Waals surface area contributed by atoms with Crippen molar-refractivity contribution in [3.63, 3.8) is 0 Å². The van der Waals surface area contributed by atoms with Gasteiger partial charge >= 0.3 is 5.97 Å². The zero-order valence-electron chi connectivity index (χ0n) is 12.8. The van der Waals surface area contributed by atoms with Gasteiger partial charge in [-0.15, -0.1) is 11.8 Å². The fourth-order valence-electron chi connectivity index (χ4n) is 2.05. The molecule has 2 atom stereocenters. The van der Waals surface area contributed by atoms with E-state index in [-0.39, 0.29) is 12.0 Å². The van der Waals surface area contributed by atoms with Gasteiger partial charge in [-0.25, -0.2) is 0 Å². The molecule has 4 heteroatoms. The van der Waals surface area contributed by atoms with E-state index in [1.54, 1.807) is 11.8 Å². The summed E-state index contributed by atoms with van der Waals surface area (Å²) < 4.78 is 4.97. The molecular weight excluding hydrogens is 270 g/mol. The Labute approximate surface area is 126 Å². The van der Waals surface area contributed by atoms with Crippen molar-refractivity contribution in [2.75, 3.05) is 18.9 Å². The molecule has 0 aliphatic heterocycles. The molecule has 2 unspecified atom stereocenters. The molecule has 1 N–H and O–H groups in total. The van der Waals surface area contributed by atoms with Crippen LogP contribution in [-0.2, 0) is 9.53 Å².